The van der Waals surface area contributed by atoms with Crippen LogP contribution in [0, 0.1) is 25.2 Å². The van der Waals surface area contributed by atoms with E-state index in [0.29, 0.717) is 23.1 Å². The number of nitrogens with one attached hydrogen (secondary N) is 2. The second kappa shape index (κ2) is 10.3. The van der Waals surface area contributed by atoms with Gasteiger partial charge in [-0.2, -0.15) is 10.2 Å². The second-order valence-corrected chi connectivity index (χ2v) is 11.8. The van der Waals surface area contributed by atoms with Crippen molar-refractivity contribution in [1.82, 2.24) is 24.2 Å². The molecule has 11 heteroatoms. The van der Waals surface area contributed by atoms with Gasteiger partial charge in [0.1, 0.15) is 11.3 Å². The summed E-state index contributed by atoms with van der Waals surface area (Å²) in [5.74, 6) is 1.43. The highest BCUT2D eigenvalue weighted by Gasteiger charge is 2.28. The van der Waals surface area contributed by atoms with E-state index in [1.54, 1.807) is 36.5 Å². The Labute approximate surface area is 237 Å². The van der Waals surface area contributed by atoms with E-state index in [1.165, 1.54) is 6.07 Å². The molecule has 10 nitrogen and oxygen atoms in total. The second-order valence-electron chi connectivity index (χ2n) is 10.1. The number of hydrogen-bond acceptors (Lipinski definition) is 8. The maximum absolute atomic E-state index is 12.5. The fourth-order valence-electron chi connectivity index (χ4n) is 4.61. The van der Waals surface area contributed by atoms with Crippen LogP contribution in [0.1, 0.15) is 29.5 Å². The molecule has 0 amide bonds. The minimum atomic E-state index is -3.61. The van der Waals surface area contributed by atoms with Crippen LogP contribution in [0.4, 0.5) is 11.6 Å². The zero-order valence-electron chi connectivity index (χ0n) is 22.7. The minimum Gasteiger partial charge on any atom is -0.436 e. The zero-order chi connectivity index (χ0) is 28.7. The molecule has 1 fully saturated rings. The maximum Gasteiger partial charge on any atom is 0.258 e. The van der Waals surface area contributed by atoms with Crippen molar-refractivity contribution in [2.45, 2.75) is 37.8 Å². The summed E-state index contributed by atoms with van der Waals surface area (Å²) >= 11 is 0. The van der Waals surface area contributed by atoms with Crippen molar-refractivity contribution in [3.05, 3.63) is 83.7 Å². The smallest absolute Gasteiger partial charge is 0.258 e. The summed E-state index contributed by atoms with van der Waals surface area (Å²) in [4.78, 5) is 13.5. The molecule has 41 heavy (non-hydrogen) atoms. The van der Waals surface area contributed by atoms with Crippen LogP contribution in [0.15, 0.2) is 72.0 Å². The van der Waals surface area contributed by atoms with Crippen LogP contribution in [-0.2, 0) is 17.1 Å². The molecule has 0 unspecified atom stereocenters. The number of ether oxygens (including phenoxy) is 1. The minimum absolute atomic E-state index is 0.0160. The van der Waals surface area contributed by atoms with Crippen molar-refractivity contribution in [3.63, 3.8) is 0 Å². The number of sulfonamides is 1. The van der Waals surface area contributed by atoms with E-state index >= 15 is 0 Å². The highest BCUT2D eigenvalue weighted by molar-refractivity contribution is 7.89. The Balaban J connectivity index is 1.29. The molecule has 2 aromatic carbocycles. The summed E-state index contributed by atoms with van der Waals surface area (Å²) in [6.45, 7) is 3.91. The summed E-state index contributed by atoms with van der Waals surface area (Å²) in [5.41, 5.74) is 6.25. The molecule has 0 aliphatic heterocycles. The number of aromatic nitrogens is 4. The van der Waals surface area contributed by atoms with Crippen LogP contribution in [0.5, 0.6) is 11.6 Å². The molecule has 0 spiro atoms. The monoisotopic (exact) mass is 565 g/mol. The molecule has 1 aliphatic carbocycles. The molecule has 1 aliphatic rings. The van der Waals surface area contributed by atoms with Crippen LogP contribution in [0.25, 0.3) is 22.2 Å². The van der Waals surface area contributed by atoms with E-state index in [-0.39, 0.29) is 11.1 Å². The Kier molecular flexibility index (Phi) is 6.65. The van der Waals surface area contributed by atoms with E-state index in [4.69, 9.17) is 10.00 Å². The third kappa shape index (κ3) is 5.48. The topological polar surface area (TPSA) is 135 Å². The lowest BCUT2D eigenvalue weighted by Crippen LogP contribution is -2.26. The van der Waals surface area contributed by atoms with Crippen LogP contribution in [0.2, 0.25) is 0 Å². The van der Waals surface area contributed by atoms with Gasteiger partial charge >= 0.3 is 0 Å². The Hall–Kier alpha value is -4.79. The largest absolute Gasteiger partial charge is 0.436 e. The van der Waals surface area contributed by atoms with Gasteiger partial charge in [-0.3, -0.25) is 0 Å². The summed E-state index contributed by atoms with van der Waals surface area (Å²) in [5, 5.41) is 12.3. The third-order valence-corrected chi connectivity index (χ3v) is 8.30. The van der Waals surface area contributed by atoms with Crippen molar-refractivity contribution in [2.75, 3.05) is 5.32 Å². The predicted octanol–water partition coefficient (Wildman–Crippen LogP) is 5.50. The number of rotatable bonds is 8. The van der Waals surface area contributed by atoms with Gasteiger partial charge in [-0.15, -0.1) is 0 Å². The predicted molar refractivity (Wildman–Crippen MR) is 156 cm³/mol. The molecule has 0 bridgehead atoms. The first-order valence-electron chi connectivity index (χ1n) is 13.1. The molecule has 5 aromatic rings. The number of aryl methyl sites for hydroxylation is 3. The number of hydrogen-bond donors (Lipinski definition) is 2. The summed E-state index contributed by atoms with van der Waals surface area (Å²) < 4.78 is 36.0. The van der Waals surface area contributed by atoms with Gasteiger partial charge in [-0.1, -0.05) is 0 Å². The van der Waals surface area contributed by atoms with Crippen LogP contribution >= 0.6 is 0 Å². The molecular weight excluding hydrogens is 538 g/mol. The Morgan fingerprint density at radius 3 is 2.37 bits per heavy atom. The normalized spacial score (nSPS) is 13.2. The van der Waals surface area contributed by atoms with Gasteiger partial charge in [0.25, 0.3) is 10.0 Å². The van der Waals surface area contributed by atoms with Gasteiger partial charge in [0.05, 0.1) is 17.1 Å². The van der Waals surface area contributed by atoms with Crippen molar-refractivity contribution in [1.29, 1.82) is 5.26 Å². The molecule has 3 aromatic heterocycles. The van der Waals surface area contributed by atoms with Gasteiger partial charge in [0.15, 0.2) is 5.03 Å². The number of anilines is 2. The van der Waals surface area contributed by atoms with Crippen molar-refractivity contribution >= 4 is 32.7 Å². The molecule has 1 saturated carbocycles. The molecule has 2 N–H and O–H groups in total. The van der Waals surface area contributed by atoms with E-state index in [1.807, 2.05) is 49.9 Å². The number of benzene rings is 2. The van der Waals surface area contributed by atoms with E-state index in [9.17, 15) is 8.42 Å². The van der Waals surface area contributed by atoms with E-state index in [0.717, 1.165) is 51.8 Å². The first-order chi connectivity index (χ1) is 19.7. The average molecular weight is 566 g/mol. The van der Waals surface area contributed by atoms with E-state index < -0.39 is 10.0 Å². The zero-order valence-corrected chi connectivity index (χ0v) is 23.5. The molecule has 0 radical (unpaired) electrons. The SMILES string of the molecule is Cc1cc(-c2ccc(S(=O)(=O)NC3CC3)nc2)cc(C)c1Oc1nc(Nc2ccc(C#N)cc2)nc2ccn(C)c12. The van der Waals surface area contributed by atoms with Crippen LogP contribution < -0.4 is 14.8 Å². The summed E-state index contributed by atoms with van der Waals surface area (Å²) in [6.07, 6.45) is 5.21. The van der Waals surface area contributed by atoms with Crippen molar-refractivity contribution in [3.8, 4) is 28.8 Å². The first-order valence-corrected chi connectivity index (χ1v) is 14.6. The molecule has 6 rings (SSSR count). The highest BCUT2D eigenvalue weighted by atomic mass is 32.2. The van der Waals surface area contributed by atoms with Gasteiger partial charge in [0.2, 0.25) is 11.8 Å². The van der Waals surface area contributed by atoms with Crippen LogP contribution in [-0.4, -0.2) is 34.0 Å². The van der Waals surface area contributed by atoms with Crippen molar-refractivity contribution in [2.24, 2.45) is 7.05 Å². The molecule has 0 atom stereocenters. The summed E-state index contributed by atoms with van der Waals surface area (Å²) in [6, 6.07) is 18.3. The van der Waals surface area contributed by atoms with E-state index in [2.05, 4.69) is 31.1 Å². The molecular formula is C30H27N7O3S. The lowest BCUT2D eigenvalue weighted by molar-refractivity contribution is 0.459. The molecule has 3 heterocycles. The number of nitriles is 1. The number of nitrogens with zero attached hydrogens (tertiary/aromatic N) is 5. The maximum atomic E-state index is 12.5. The number of fused-ring (bicyclic) bond motifs is 1. The Bertz CT molecular complexity index is 1900. The quantitative estimate of drug-likeness (QED) is 0.252. The average Bonchev–Trinajstić information content (AvgIpc) is 3.69. The fourth-order valence-corrected chi connectivity index (χ4v) is 5.84. The Morgan fingerprint density at radius 1 is 1.00 bits per heavy atom. The lowest BCUT2D eigenvalue weighted by Gasteiger charge is -2.15. The molecule has 206 valence electrons. The summed E-state index contributed by atoms with van der Waals surface area (Å²) in [7, 11) is -1.70. The van der Waals surface area contributed by atoms with Gasteiger partial charge in [-0.05, 0) is 98.0 Å². The van der Waals surface area contributed by atoms with Gasteiger partial charge in [-0.25, -0.2) is 23.1 Å². The van der Waals surface area contributed by atoms with Gasteiger partial charge < -0.3 is 14.6 Å². The lowest BCUT2D eigenvalue weighted by atomic mass is 10.0. The Morgan fingerprint density at radius 2 is 1.73 bits per heavy atom. The standard InChI is InChI=1S/C30H27N7O3S/c1-18-14-22(21-6-11-26(32-17-21)41(38,39)36-24-9-10-24)15-19(2)28(18)40-29-27-25(12-13-37(27)3)34-30(35-29)33-23-7-4-20(16-31)5-8-23/h4-8,11-15,17,24,36H,9-10H2,1-3H3,(H,33,34,35). The fraction of sp³-hybridized carbons (Fsp3) is 0.200. The molecule has 0 saturated heterocycles. The third-order valence-electron chi connectivity index (χ3n) is 6.86. The van der Waals surface area contributed by atoms with Crippen LogP contribution in [0.3, 0.4) is 0 Å². The first kappa shape index (κ1) is 26.4. The van der Waals surface area contributed by atoms with Gasteiger partial charge in [0, 0.05) is 36.7 Å². The number of pyridine rings is 1. The van der Waals surface area contributed by atoms with Crippen molar-refractivity contribution < 1.29 is 13.2 Å². The highest BCUT2D eigenvalue weighted by Crippen LogP contribution is 2.36.